The van der Waals surface area contributed by atoms with Gasteiger partial charge in [0.25, 0.3) is 5.91 Å². The summed E-state index contributed by atoms with van der Waals surface area (Å²) in [5.74, 6) is -0.331. The number of aliphatic hydroxyl groups excluding tert-OH is 1. The number of aryl methyl sites for hydroxylation is 2. The molecule has 2 aromatic heterocycles. The Balaban J connectivity index is 1.61. The summed E-state index contributed by atoms with van der Waals surface area (Å²) < 4.78 is 5.72. The number of furan rings is 1. The highest BCUT2D eigenvalue weighted by Crippen LogP contribution is 2.27. The number of carbonyl (C=O) groups excluding carboxylic acids is 1. The van der Waals surface area contributed by atoms with Gasteiger partial charge in [0.15, 0.2) is 11.5 Å². The highest BCUT2D eigenvalue weighted by Gasteiger charge is 2.20. The molecule has 30 heavy (non-hydrogen) atoms. The highest BCUT2D eigenvalue weighted by molar-refractivity contribution is 5.93. The Kier molecular flexibility index (Phi) is 5.91. The predicted octanol–water partition coefficient (Wildman–Crippen LogP) is 3.27. The van der Waals surface area contributed by atoms with Crippen LogP contribution in [0.2, 0.25) is 0 Å². The zero-order chi connectivity index (χ0) is 20.8. The second-order valence-corrected chi connectivity index (χ2v) is 6.90. The van der Waals surface area contributed by atoms with Crippen LogP contribution in [0.15, 0.2) is 84.0 Å². The summed E-state index contributed by atoms with van der Waals surface area (Å²) in [5, 5.41) is 11.9. The number of carbonyl (C=O) groups is 1. The van der Waals surface area contributed by atoms with Crippen LogP contribution in [0.4, 0.5) is 0 Å². The van der Waals surface area contributed by atoms with Crippen LogP contribution < -0.4 is 11.0 Å². The van der Waals surface area contributed by atoms with Gasteiger partial charge in [0, 0.05) is 36.8 Å². The molecule has 1 aliphatic heterocycles. The SMILES string of the molecule is O=C(C=C(O)c1occ(CCc2ccccc2)c1Cc1ccncc1)N1C=CNN1. The van der Waals surface area contributed by atoms with Crippen molar-refractivity contribution in [3.63, 3.8) is 0 Å². The molecule has 0 spiro atoms. The largest absolute Gasteiger partial charge is 0.504 e. The quantitative estimate of drug-likeness (QED) is 0.415. The summed E-state index contributed by atoms with van der Waals surface area (Å²) in [4.78, 5) is 16.4. The molecule has 3 aromatic rings. The molecule has 7 nitrogen and oxygen atoms in total. The molecule has 0 aliphatic carbocycles. The van der Waals surface area contributed by atoms with Gasteiger partial charge in [-0.25, -0.2) is 5.01 Å². The summed E-state index contributed by atoms with van der Waals surface area (Å²) in [6.07, 6.45) is 11.5. The number of benzene rings is 1. The van der Waals surface area contributed by atoms with E-state index in [0.717, 1.165) is 35.6 Å². The van der Waals surface area contributed by atoms with Crippen LogP contribution in [0.3, 0.4) is 0 Å². The standard InChI is InChI=1S/C23H22N4O3/c28-21(15-22(29)27-13-12-25-26-27)23-20(14-18-8-10-24-11-9-18)19(16-30-23)7-6-17-4-2-1-3-5-17/h1-5,8-13,15-16,25-26,28H,6-7,14H2. The second-order valence-electron chi connectivity index (χ2n) is 6.90. The van der Waals surface area contributed by atoms with E-state index in [1.165, 1.54) is 16.8 Å². The Morgan fingerprint density at radius 2 is 1.90 bits per heavy atom. The first-order chi connectivity index (χ1) is 14.7. The topological polar surface area (TPSA) is 90.6 Å². The van der Waals surface area contributed by atoms with Gasteiger partial charge in [-0.15, -0.1) is 5.53 Å². The molecule has 4 rings (SSSR count). The fourth-order valence-corrected chi connectivity index (χ4v) is 3.30. The Bertz CT molecular complexity index is 1060. The van der Waals surface area contributed by atoms with Gasteiger partial charge in [0.05, 0.1) is 12.3 Å². The first-order valence-corrected chi connectivity index (χ1v) is 9.65. The zero-order valence-corrected chi connectivity index (χ0v) is 16.3. The average molecular weight is 402 g/mol. The molecule has 7 heteroatoms. The van der Waals surface area contributed by atoms with Gasteiger partial charge in [-0.2, -0.15) is 0 Å². The number of aromatic nitrogens is 1. The third kappa shape index (κ3) is 4.59. The molecule has 3 N–H and O–H groups in total. The van der Waals surface area contributed by atoms with E-state index in [1.54, 1.807) is 24.9 Å². The van der Waals surface area contributed by atoms with Crippen LogP contribution in [0, 0.1) is 0 Å². The molecule has 0 radical (unpaired) electrons. The van der Waals surface area contributed by atoms with Crippen molar-refractivity contribution in [2.75, 3.05) is 0 Å². The number of pyridine rings is 1. The van der Waals surface area contributed by atoms with E-state index in [1.807, 2.05) is 30.3 Å². The molecule has 0 saturated heterocycles. The Morgan fingerprint density at radius 3 is 2.63 bits per heavy atom. The maximum Gasteiger partial charge on any atom is 0.270 e. The zero-order valence-electron chi connectivity index (χ0n) is 16.3. The molecule has 0 atom stereocenters. The first kappa shape index (κ1) is 19.5. The summed E-state index contributed by atoms with van der Waals surface area (Å²) in [5.41, 5.74) is 9.45. The molecule has 0 bridgehead atoms. The molecule has 0 saturated carbocycles. The molecule has 0 fully saturated rings. The molecule has 1 aliphatic rings. The molecule has 1 aromatic carbocycles. The molecular weight excluding hydrogens is 380 g/mol. The number of amides is 1. The Labute approximate surface area is 174 Å². The maximum atomic E-state index is 12.3. The third-order valence-electron chi connectivity index (χ3n) is 4.86. The number of hydrogen-bond donors (Lipinski definition) is 3. The van der Waals surface area contributed by atoms with Gasteiger partial charge in [0.1, 0.15) is 0 Å². The van der Waals surface area contributed by atoms with Gasteiger partial charge in [-0.3, -0.25) is 9.78 Å². The summed E-state index contributed by atoms with van der Waals surface area (Å²) in [7, 11) is 0. The minimum atomic E-state index is -0.425. The van der Waals surface area contributed by atoms with Crippen molar-refractivity contribution in [2.45, 2.75) is 19.3 Å². The number of aliphatic hydroxyl groups is 1. The summed E-state index contributed by atoms with van der Waals surface area (Å²) in [6.45, 7) is 0. The van der Waals surface area contributed by atoms with E-state index >= 15 is 0 Å². The van der Waals surface area contributed by atoms with Crippen LogP contribution in [0.1, 0.15) is 28.0 Å². The molecule has 1 amide bonds. The van der Waals surface area contributed by atoms with Crippen molar-refractivity contribution < 1.29 is 14.3 Å². The predicted molar refractivity (Wildman–Crippen MR) is 112 cm³/mol. The van der Waals surface area contributed by atoms with E-state index in [-0.39, 0.29) is 5.76 Å². The number of hydrogen-bond acceptors (Lipinski definition) is 6. The maximum absolute atomic E-state index is 12.3. The van der Waals surface area contributed by atoms with Crippen LogP contribution in [-0.2, 0) is 24.1 Å². The van der Waals surface area contributed by atoms with Gasteiger partial charge in [-0.1, -0.05) is 30.3 Å². The number of rotatable bonds is 7. The fourth-order valence-electron chi connectivity index (χ4n) is 3.30. The van der Waals surface area contributed by atoms with Gasteiger partial charge in [0.2, 0.25) is 0 Å². The van der Waals surface area contributed by atoms with E-state index in [9.17, 15) is 9.90 Å². The van der Waals surface area contributed by atoms with Crippen LogP contribution in [0.25, 0.3) is 5.76 Å². The number of nitrogens with one attached hydrogen (secondary N) is 2. The highest BCUT2D eigenvalue weighted by atomic mass is 16.4. The van der Waals surface area contributed by atoms with Crippen LogP contribution in [0.5, 0.6) is 0 Å². The lowest BCUT2D eigenvalue weighted by Crippen LogP contribution is -2.39. The smallest absolute Gasteiger partial charge is 0.270 e. The first-order valence-electron chi connectivity index (χ1n) is 9.65. The van der Waals surface area contributed by atoms with E-state index in [4.69, 9.17) is 4.42 Å². The van der Waals surface area contributed by atoms with Gasteiger partial charge < -0.3 is 14.9 Å². The van der Waals surface area contributed by atoms with Crippen LogP contribution in [-0.4, -0.2) is 21.0 Å². The second kappa shape index (κ2) is 9.11. The number of hydrazine groups is 2. The normalized spacial score (nSPS) is 13.5. The Morgan fingerprint density at radius 1 is 1.10 bits per heavy atom. The summed E-state index contributed by atoms with van der Waals surface area (Å²) in [6, 6.07) is 14.1. The van der Waals surface area contributed by atoms with E-state index < -0.39 is 5.91 Å². The molecule has 3 heterocycles. The average Bonchev–Trinajstić information content (AvgIpc) is 3.44. The summed E-state index contributed by atoms with van der Waals surface area (Å²) >= 11 is 0. The van der Waals surface area contributed by atoms with Crippen molar-refractivity contribution in [1.82, 2.24) is 21.0 Å². The fraction of sp³-hybridized carbons (Fsp3) is 0.130. The van der Waals surface area contributed by atoms with Crippen LogP contribution >= 0.6 is 0 Å². The monoisotopic (exact) mass is 402 g/mol. The lowest BCUT2D eigenvalue weighted by atomic mass is 9.97. The Hall–Kier alpha value is -3.84. The van der Waals surface area contributed by atoms with Crippen molar-refractivity contribution >= 4 is 11.7 Å². The molecular formula is C23H22N4O3. The van der Waals surface area contributed by atoms with Gasteiger partial charge >= 0.3 is 0 Å². The molecule has 152 valence electrons. The van der Waals surface area contributed by atoms with Crippen molar-refractivity contribution in [3.8, 4) is 0 Å². The molecule has 0 unspecified atom stereocenters. The third-order valence-corrected chi connectivity index (χ3v) is 4.86. The number of nitrogens with zero attached hydrogens (tertiary/aromatic N) is 2. The van der Waals surface area contributed by atoms with Crippen molar-refractivity contribution in [1.29, 1.82) is 0 Å². The minimum absolute atomic E-state index is 0.211. The van der Waals surface area contributed by atoms with E-state index in [0.29, 0.717) is 12.2 Å². The minimum Gasteiger partial charge on any atom is -0.504 e. The van der Waals surface area contributed by atoms with Crippen molar-refractivity contribution in [3.05, 3.63) is 108 Å². The lowest BCUT2D eigenvalue weighted by Gasteiger charge is -2.11. The lowest BCUT2D eigenvalue weighted by molar-refractivity contribution is -0.125. The van der Waals surface area contributed by atoms with E-state index in [2.05, 4.69) is 28.1 Å². The van der Waals surface area contributed by atoms with Gasteiger partial charge in [-0.05, 0) is 41.7 Å². The van der Waals surface area contributed by atoms with Crippen molar-refractivity contribution in [2.24, 2.45) is 0 Å².